The van der Waals surface area contributed by atoms with Crippen LogP contribution in [0.1, 0.15) is 40.7 Å². The molecule has 1 atom stereocenters. The topological polar surface area (TPSA) is 109 Å². The van der Waals surface area contributed by atoms with Crippen molar-refractivity contribution in [2.24, 2.45) is 0 Å². The van der Waals surface area contributed by atoms with Gasteiger partial charge in [-0.3, -0.25) is 4.79 Å². The molecule has 2 N–H and O–H groups in total. The first-order valence-electron chi connectivity index (χ1n) is 9.82. The molecule has 1 aromatic carbocycles. The number of carbonyl (C=O) groups excluding carboxylic acids is 1. The summed E-state index contributed by atoms with van der Waals surface area (Å²) in [5.74, 6) is -2.23. The number of halogens is 3. The van der Waals surface area contributed by atoms with E-state index >= 15 is 0 Å². The summed E-state index contributed by atoms with van der Waals surface area (Å²) < 4.78 is 45.9. The summed E-state index contributed by atoms with van der Waals surface area (Å²) in [4.78, 5) is 37.0. The van der Waals surface area contributed by atoms with Crippen molar-refractivity contribution >= 4 is 12.1 Å². The Labute approximate surface area is 180 Å². The Bertz CT molecular complexity index is 1070. The van der Waals surface area contributed by atoms with Gasteiger partial charge in [0.2, 0.25) is 5.43 Å². The lowest BCUT2D eigenvalue weighted by Gasteiger charge is -2.35. The van der Waals surface area contributed by atoms with Crippen LogP contribution in [0.4, 0.5) is 18.0 Å². The van der Waals surface area contributed by atoms with E-state index in [1.54, 1.807) is 0 Å². The van der Waals surface area contributed by atoms with Crippen molar-refractivity contribution in [1.29, 1.82) is 0 Å². The van der Waals surface area contributed by atoms with Gasteiger partial charge in [0.1, 0.15) is 12.2 Å². The van der Waals surface area contributed by atoms with E-state index in [-0.39, 0.29) is 12.1 Å². The average molecular weight is 454 g/mol. The third-order valence-electron chi connectivity index (χ3n) is 5.25. The molecule has 11 heteroatoms. The number of nitrogens with zero attached hydrogens (tertiary/aromatic N) is 2. The Hall–Kier alpha value is -3.50. The number of amides is 1. The van der Waals surface area contributed by atoms with Crippen LogP contribution in [0, 0.1) is 0 Å². The fourth-order valence-corrected chi connectivity index (χ4v) is 3.69. The van der Waals surface area contributed by atoms with Gasteiger partial charge in [-0.2, -0.15) is 13.2 Å². The normalized spacial score (nSPS) is 16.6. The largest absolute Gasteiger partial charge is 0.503 e. The van der Waals surface area contributed by atoms with Crippen LogP contribution in [0.5, 0.6) is 5.75 Å². The zero-order chi connectivity index (χ0) is 23.5. The number of hydrogen-bond acceptors (Lipinski definition) is 5. The minimum atomic E-state index is -4.58. The number of carbonyl (C=O) groups is 2. The second-order valence-corrected chi connectivity index (χ2v) is 7.44. The highest BCUT2D eigenvalue weighted by Gasteiger charge is 2.34. The first-order chi connectivity index (χ1) is 15.1. The summed E-state index contributed by atoms with van der Waals surface area (Å²) in [6.45, 7) is -0.176. The first kappa shape index (κ1) is 23.2. The van der Waals surface area contributed by atoms with E-state index in [0.29, 0.717) is 19.4 Å². The van der Waals surface area contributed by atoms with Crippen molar-refractivity contribution in [3.63, 3.8) is 0 Å². The zero-order valence-corrected chi connectivity index (χ0v) is 16.8. The summed E-state index contributed by atoms with van der Waals surface area (Å²) in [6, 6.07) is 4.36. The minimum Gasteiger partial charge on any atom is -0.503 e. The van der Waals surface area contributed by atoms with Gasteiger partial charge in [-0.25, -0.2) is 9.59 Å². The van der Waals surface area contributed by atoms with E-state index in [0.717, 1.165) is 24.9 Å². The molecule has 0 aliphatic carbocycles. The minimum absolute atomic E-state index is 0.0718. The molecule has 1 aliphatic rings. The van der Waals surface area contributed by atoms with Crippen molar-refractivity contribution in [2.45, 2.75) is 44.6 Å². The molecule has 2 heterocycles. The highest BCUT2D eigenvalue weighted by atomic mass is 19.4. The van der Waals surface area contributed by atoms with Crippen LogP contribution in [-0.4, -0.2) is 44.3 Å². The number of aromatic hydroxyl groups is 1. The number of aromatic nitrogens is 1. The summed E-state index contributed by atoms with van der Waals surface area (Å²) in [6.07, 6.45) is -1.26. The van der Waals surface area contributed by atoms with Crippen molar-refractivity contribution in [1.82, 2.24) is 9.47 Å². The number of likely N-dealkylation sites (tertiary alicyclic amines) is 1. The molecule has 172 valence electrons. The average Bonchev–Trinajstić information content (AvgIpc) is 2.74. The monoisotopic (exact) mass is 454 g/mol. The summed E-state index contributed by atoms with van der Waals surface area (Å²) >= 11 is 0. The van der Waals surface area contributed by atoms with Gasteiger partial charge < -0.3 is 24.4 Å². The third kappa shape index (κ3) is 5.21. The Balaban J connectivity index is 1.74. The van der Waals surface area contributed by atoms with Crippen molar-refractivity contribution in [2.75, 3.05) is 6.54 Å². The second-order valence-electron chi connectivity index (χ2n) is 7.44. The fraction of sp³-hybridized carbons (Fsp3) is 0.381. The molecule has 32 heavy (non-hydrogen) atoms. The lowest BCUT2D eigenvalue weighted by Crippen LogP contribution is -2.46. The molecule has 8 nitrogen and oxygen atoms in total. The SMILES string of the molecule is O=C(O)c1cn(CC2CCCCN2C(=O)OCc2ccccc2C(F)(F)F)cc(O)c1=O. The summed E-state index contributed by atoms with van der Waals surface area (Å²) in [5.41, 5.74) is -2.68. The van der Waals surface area contributed by atoms with E-state index in [1.807, 2.05) is 0 Å². The molecular weight excluding hydrogens is 433 g/mol. The number of ether oxygens (including phenoxy) is 1. The predicted octanol–water partition coefficient (Wildman–Crippen LogP) is 3.46. The lowest BCUT2D eigenvalue weighted by atomic mass is 10.0. The van der Waals surface area contributed by atoms with Gasteiger partial charge in [0.15, 0.2) is 5.75 Å². The molecule has 2 aromatic rings. The molecule has 0 radical (unpaired) electrons. The second kappa shape index (κ2) is 9.33. The smallest absolute Gasteiger partial charge is 0.416 e. The van der Waals surface area contributed by atoms with Gasteiger partial charge in [-0.15, -0.1) is 0 Å². The Kier molecular flexibility index (Phi) is 6.75. The van der Waals surface area contributed by atoms with Crippen LogP contribution in [0.3, 0.4) is 0 Å². The number of piperidine rings is 1. The maximum atomic E-state index is 13.1. The van der Waals surface area contributed by atoms with Crippen LogP contribution in [0.2, 0.25) is 0 Å². The number of carboxylic acids is 1. The van der Waals surface area contributed by atoms with Gasteiger partial charge in [-0.05, 0) is 25.3 Å². The molecule has 1 unspecified atom stereocenters. The highest BCUT2D eigenvalue weighted by molar-refractivity contribution is 5.87. The Morgan fingerprint density at radius 1 is 1.16 bits per heavy atom. The van der Waals surface area contributed by atoms with Gasteiger partial charge in [0.05, 0.1) is 11.6 Å². The molecule has 1 amide bonds. The van der Waals surface area contributed by atoms with E-state index < -0.39 is 53.2 Å². The van der Waals surface area contributed by atoms with Crippen LogP contribution in [0.25, 0.3) is 0 Å². The zero-order valence-electron chi connectivity index (χ0n) is 16.8. The molecule has 0 saturated carbocycles. The Morgan fingerprint density at radius 2 is 1.88 bits per heavy atom. The van der Waals surface area contributed by atoms with E-state index in [2.05, 4.69) is 0 Å². The van der Waals surface area contributed by atoms with E-state index in [4.69, 9.17) is 9.84 Å². The molecule has 1 saturated heterocycles. The standard InChI is InChI=1S/C21H21F3N2O6/c22-21(23,24)16-7-2-1-5-13(16)12-32-20(31)26-8-4-3-6-14(26)9-25-10-15(19(29)30)18(28)17(27)11-25/h1-2,5,7,10-11,14,27H,3-4,6,8-9,12H2,(H,29,30). The number of pyridine rings is 1. The number of carboxylic acid groups (broad SMARTS) is 1. The Morgan fingerprint density at radius 3 is 2.56 bits per heavy atom. The van der Waals surface area contributed by atoms with Gasteiger partial charge >= 0.3 is 18.2 Å². The lowest BCUT2D eigenvalue weighted by molar-refractivity contribution is -0.138. The van der Waals surface area contributed by atoms with Crippen molar-refractivity contribution in [3.05, 3.63) is 63.6 Å². The maximum absolute atomic E-state index is 13.1. The van der Waals surface area contributed by atoms with Crippen LogP contribution >= 0.6 is 0 Å². The van der Waals surface area contributed by atoms with Crippen LogP contribution in [-0.2, 0) is 24.1 Å². The molecule has 0 spiro atoms. The van der Waals surface area contributed by atoms with Crippen molar-refractivity contribution in [3.8, 4) is 5.75 Å². The number of alkyl halides is 3. The molecular formula is C21H21F3N2O6. The molecule has 0 bridgehead atoms. The van der Waals surface area contributed by atoms with Gasteiger partial charge in [-0.1, -0.05) is 18.2 Å². The predicted molar refractivity (Wildman–Crippen MR) is 105 cm³/mol. The van der Waals surface area contributed by atoms with Crippen LogP contribution in [0.15, 0.2) is 41.5 Å². The van der Waals surface area contributed by atoms with E-state index in [1.165, 1.54) is 27.7 Å². The fourth-order valence-electron chi connectivity index (χ4n) is 3.69. The quantitative estimate of drug-likeness (QED) is 0.716. The van der Waals surface area contributed by atoms with Crippen molar-refractivity contribution < 1.29 is 37.7 Å². The maximum Gasteiger partial charge on any atom is 0.416 e. The number of hydrogen-bond donors (Lipinski definition) is 2. The van der Waals surface area contributed by atoms with Crippen LogP contribution < -0.4 is 5.43 Å². The highest BCUT2D eigenvalue weighted by Crippen LogP contribution is 2.32. The first-order valence-corrected chi connectivity index (χ1v) is 9.82. The van der Waals surface area contributed by atoms with E-state index in [9.17, 15) is 32.7 Å². The summed E-state index contributed by atoms with van der Waals surface area (Å²) in [7, 11) is 0. The molecule has 1 aromatic heterocycles. The summed E-state index contributed by atoms with van der Waals surface area (Å²) in [5, 5.41) is 18.9. The number of aromatic carboxylic acids is 1. The number of rotatable bonds is 5. The van der Waals surface area contributed by atoms with Gasteiger partial charge in [0, 0.05) is 31.0 Å². The molecule has 3 rings (SSSR count). The number of benzene rings is 1. The van der Waals surface area contributed by atoms with Gasteiger partial charge in [0.25, 0.3) is 0 Å². The molecule has 1 aliphatic heterocycles. The third-order valence-corrected chi connectivity index (χ3v) is 5.25. The molecule has 1 fully saturated rings.